The van der Waals surface area contributed by atoms with Crippen molar-refractivity contribution < 1.29 is 31.5 Å². The molecule has 0 aliphatic rings. The number of carbonyl (C=O) groups excluding carboxylic acids is 1. The number of amides is 1. The van der Waals surface area contributed by atoms with Crippen LogP contribution in [0.25, 0.3) is 0 Å². The minimum absolute atomic E-state index is 0.0401. The van der Waals surface area contributed by atoms with Crippen molar-refractivity contribution in [2.45, 2.75) is 37.8 Å². The van der Waals surface area contributed by atoms with Crippen LogP contribution >= 0.6 is 11.6 Å². The van der Waals surface area contributed by atoms with Crippen molar-refractivity contribution >= 4 is 27.5 Å². The topological polar surface area (TPSA) is 93.7 Å². The molecule has 2 aromatic carbocycles. The number of alkyl halides is 2. The average molecular weight is 491 g/mol. The van der Waals surface area contributed by atoms with E-state index in [1.807, 2.05) is 0 Å². The summed E-state index contributed by atoms with van der Waals surface area (Å²) in [5, 5.41) is 2.96. The third-order valence-electron chi connectivity index (χ3n) is 4.49. The molecule has 32 heavy (non-hydrogen) atoms. The Balaban J connectivity index is 2.02. The summed E-state index contributed by atoms with van der Waals surface area (Å²) in [6, 6.07) is 9.21. The van der Waals surface area contributed by atoms with E-state index < -0.39 is 28.6 Å². The number of ether oxygens (including phenoxy) is 2. The first-order valence-electron chi connectivity index (χ1n) is 9.71. The van der Waals surface area contributed by atoms with Crippen LogP contribution in [-0.2, 0) is 21.2 Å². The van der Waals surface area contributed by atoms with Gasteiger partial charge in [0.2, 0.25) is 15.9 Å². The van der Waals surface area contributed by atoms with Crippen molar-refractivity contribution in [3.05, 3.63) is 53.1 Å². The molecule has 1 amide bonds. The normalized spacial score (nSPS) is 12.6. The molecule has 11 heteroatoms. The number of sulfonamides is 1. The van der Waals surface area contributed by atoms with Crippen LogP contribution < -0.4 is 19.5 Å². The van der Waals surface area contributed by atoms with Gasteiger partial charge < -0.3 is 14.8 Å². The molecule has 0 unspecified atom stereocenters. The van der Waals surface area contributed by atoms with Gasteiger partial charge in [0.05, 0.1) is 12.0 Å². The second-order valence-corrected chi connectivity index (χ2v) is 9.36. The second-order valence-electron chi connectivity index (χ2n) is 7.21. The summed E-state index contributed by atoms with van der Waals surface area (Å²) < 4.78 is 62.0. The van der Waals surface area contributed by atoms with Gasteiger partial charge in [-0.15, -0.1) is 0 Å². The van der Waals surface area contributed by atoms with E-state index in [1.165, 1.54) is 37.4 Å². The minimum Gasteiger partial charge on any atom is -0.493 e. The Hall–Kier alpha value is -2.43. The molecule has 2 N–H and O–H groups in total. The summed E-state index contributed by atoms with van der Waals surface area (Å²) in [7, 11) is -2.63. The third kappa shape index (κ3) is 7.32. The van der Waals surface area contributed by atoms with Crippen molar-refractivity contribution in [2.75, 3.05) is 13.7 Å². The molecule has 0 saturated carbocycles. The first kappa shape index (κ1) is 25.8. The fourth-order valence-corrected chi connectivity index (χ4v) is 4.51. The maximum Gasteiger partial charge on any atom is 0.387 e. The average Bonchev–Trinajstić information content (AvgIpc) is 2.72. The van der Waals surface area contributed by atoms with Gasteiger partial charge in [0.15, 0.2) is 11.5 Å². The van der Waals surface area contributed by atoms with Crippen LogP contribution in [-0.4, -0.2) is 40.6 Å². The molecular formula is C21H25ClF2N2O5S. The van der Waals surface area contributed by atoms with E-state index in [4.69, 9.17) is 16.3 Å². The first-order chi connectivity index (χ1) is 15.0. The van der Waals surface area contributed by atoms with Crippen LogP contribution in [0.5, 0.6) is 11.5 Å². The van der Waals surface area contributed by atoms with Gasteiger partial charge in [0.25, 0.3) is 0 Å². The summed E-state index contributed by atoms with van der Waals surface area (Å²) in [6.45, 7) is 0.658. The Morgan fingerprint density at radius 2 is 1.84 bits per heavy atom. The van der Waals surface area contributed by atoms with E-state index in [-0.39, 0.29) is 33.9 Å². The number of benzene rings is 2. The van der Waals surface area contributed by atoms with Crippen LogP contribution in [0.2, 0.25) is 5.02 Å². The van der Waals surface area contributed by atoms with E-state index in [9.17, 15) is 22.0 Å². The van der Waals surface area contributed by atoms with E-state index in [2.05, 4.69) is 14.8 Å². The van der Waals surface area contributed by atoms with Crippen molar-refractivity contribution in [2.24, 2.45) is 5.92 Å². The molecule has 0 saturated heterocycles. The summed E-state index contributed by atoms with van der Waals surface area (Å²) in [5.74, 6) is -0.765. The summed E-state index contributed by atoms with van der Waals surface area (Å²) in [6.07, 6.45) is 0.364. The second kappa shape index (κ2) is 11.4. The van der Waals surface area contributed by atoms with Crippen molar-refractivity contribution in [1.82, 2.24) is 10.0 Å². The van der Waals surface area contributed by atoms with Gasteiger partial charge in [-0.05, 0) is 48.2 Å². The Bertz CT molecular complexity index is 1030. The predicted octanol–water partition coefficient (Wildman–Crippen LogP) is 3.61. The predicted molar refractivity (Wildman–Crippen MR) is 117 cm³/mol. The van der Waals surface area contributed by atoms with Crippen LogP contribution in [0.3, 0.4) is 0 Å². The number of nitrogens with one attached hydrogen (secondary N) is 2. The number of methoxy groups -OCH3 is 1. The number of carbonyl (C=O) groups is 1. The standard InChI is InChI=1S/C21H25ClF2N2O5S/c1-13(2)19(26-32(28,29)16-6-4-5-15(22)12-16)20(27)25-10-9-14-7-8-17(31-21(23)24)18(11-14)30-3/h4-8,11-13,19,21,26H,9-10H2,1-3H3,(H,25,27)/t19-/m0/s1. The molecule has 0 aliphatic heterocycles. The van der Waals surface area contributed by atoms with Gasteiger partial charge in [0, 0.05) is 11.6 Å². The molecule has 0 radical (unpaired) electrons. The zero-order chi connectivity index (χ0) is 23.9. The van der Waals surface area contributed by atoms with Gasteiger partial charge in [-0.25, -0.2) is 8.42 Å². The number of hydrogen-bond acceptors (Lipinski definition) is 5. The van der Waals surface area contributed by atoms with E-state index in [0.29, 0.717) is 12.0 Å². The van der Waals surface area contributed by atoms with Crippen molar-refractivity contribution in [3.8, 4) is 11.5 Å². The Kier molecular flexibility index (Phi) is 9.23. The lowest BCUT2D eigenvalue weighted by Gasteiger charge is -2.22. The number of rotatable bonds is 11. The van der Waals surface area contributed by atoms with E-state index in [0.717, 1.165) is 0 Å². The van der Waals surface area contributed by atoms with Crippen LogP contribution in [0, 0.1) is 5.92 Å². The minimum atomic E-state index is -3.96. The summed E-state index contributed by atoms with van der Waals surface area (Å²) in [5.41, 5.74) is 0.712. The van der Waals surface area contributed by atoms with Crippen LogP contribution in [0.15, 0.2) is 47.4 Å². The lowest BCUT2D eigenvalue weighted by Crippen LogP contribution is -2.49. The highest BCUT2D eigenvalue weighted by molar-refractivity contribution is 7.89. The van der Waals surface area contributed by atoms with E-state index >= 15 is 0 Å². The maximum atomic E-state index is 12.7. The molecule has 0 spiro atoms. The maximum absolute atomic E-state index is 12.7. The smallest absolute Gasteiger partial charge is 0.387 e. The highest BCUT2D eigenvalue weighted by Gasteiger charge is 2.28. The molecular weight excluding hydrogens is 466 g/mol. The summed E-state index contributed by atoms with van der Waals surface area (Å²) >= 11 is 5.87. The number of halogens is 3. The Morgan fingerprint density at radius 3 is 2.44 bits per heavy atom. The lowest BCUT2D eigenvalue weighted by molar-refractivity contribution is -0.123. The van der Waals surface area contributed by atoms with Gasteiger partial charge in [-0.3, -0.25) is 4.79 Å². The largest absolute Gasteiger partial charge is 0.493 e. The molecule has 2 aromatic rings. The molecule has 0 aliphatic carbocycles. The number of hydrogen-bond donors (Lipinski definition) is 2. The fourth-order valence-electron chi connectivity index (χ4n) is 2.86. The third-order valence-corrected chi connectivity index (χ3v) is 6.17. The van der Waals surface area contributed by atoms with Gasteiger partial charge in [-0.2, -0.15) is 13.5 Å². The molecule has 176 valence electrons. The van der Waals surface area contributed by atoms with Crippen molar-refractivity contribution in [1.29, 1.82) is 0 Å². The zero-order valence-electron chi connectivity index (χ0n) is 17.8. The van der Waals surface area contributed by atoms with Crippen molar-refractivity contribution in [3.63, 3.8) is 0 Å². The quantitative estimate of drug-likeness (QED) is 0.502. The molecule has 2 rings (SSSR count). The van der Waals surface area contributed by atoms with Crippen LogP contribution in [0.4, 0.5) is 8.78 Å². The lowest BCUT2D eigenvalue weighted by atomic mass is 10.0. The molecule has 0 fully saturated rings. The zero-order valence-corrected chi connectivity index (χ0v) is 19.3. The van der Waals surface area contributed by atoms with Crippen LogP contribution in [0.1, 0.15) is 19.4 Å². The molecule has 0 heterocycles. The van der Waals surface area contributed by atoms with Gasteiger partial charge >= 0.3 is 6.61 Å². The molecule has 0 bridgehead atoms. The Labute approximate surface area is 191 Å². The highest BCUT2D eigenvalue weighted by Crippen LogP contribution is 2.29. The molecule has 0 aromatic heterocycles. The molecule has 1 atom stereocenters. The molecule has 7 nitrogen and oxygen atoms in total. The van der Waals surface area contributed by atoms with Gasteiger partial charge in [0.1, 0.15) is 6.04 Å². The Morgan fingerprint density at radius 1 is 1.12 bits per heavy atom. The summed E-state index contributed by atoms with van der Waals surface area (Å²) in [4.78, 5) is 12.6. The monoisotopic (exact) mass is 490 g/mol. The van der Waals surface area contributed by atoms with Gasteiger partial charge in [-0.1, -0.05) is 37.6 Å². The SMILES string of the molecule is COc1cc(CCNC(=O)[C@@H](NS(=O)(=O)c2cccc(Cl)c2)C(C)C)ccc1OC(F)F. The first-order valence-corrected chi connectivity index (χ1v) is 11.6. The highest BCUT2D eigenvalue weighted by atomic mass is 35.5. The van der Waals surface area contributed by atoms with E-state index in [1.54, 1.807) is 26.0 Å². The fraction of sp³-hybridized carbons (Fsp3) is 0.381.